The Labute approximate surface area is 145 Å². The number of carbonyl (C=O) groups is 1. The summed E-state index contributed by atoms with van der Waals surface area (Å²) in [4.78, 5) is 16.4. The molecule has 1 heterocycles. The number of aromatic nitrogens is 2. The fraction of sp³-hybridized carbons (Fsp3) is 0.200. The Morgan fingerprint density at radius 3 is 2.88 bits per heavy atom. The fourth-order valence-corrected chi connectivity index (χ4v) is 3.16. The molecule has 0 radical (unpaired) electrons. The Bertz CT molecular complexity index is 1000. The van der Waals surface area contributed by atoms with Gasteiger partial charge >= 0.3 is 0 Å². The first-order valence-electron chi connectivity index (χ1n) is 8.29. The summed E-state index contributed by atoms with van der Waals surface area (Å²) in [6, 6.07) is 10.8. The number of imidazole rings is 1. The molecule has 1 amide bonds. The van der Waals surface area contributed by atoms with Crippen molar-refractivity contribution in [3.63, 3.8) is 0 Å². The number of hydrogen-bond acceptors (Lipinski definition) is 2. The first kappa shape index (κ1) is 15.6. The molecule has 25 heavy (non-hydrogen) atoms. The number of rotatable bonds is 4. The lowest BCUT2D eigenvalue weighted by molar-refractivity contribution is -0.111. The van der Waals surface area contributed by atoms with Gasteiger partial charge in [0.2, 0.25) is 5.91 Å². The lowest BCUT2D eigenvalue weighted by atomic mass is 10.1. The number of hydrogen-bond donors (Lipinski definition) is 1. The highest BCUT2D eigenvalue weighted by Gasteiger charge is 2.29. The second kappa shape index (κ2) is 5.84. The van der Waals surface area contributed by atoms with Gasteiger partial charge in [-0.3, -0.25) is 4.79 Å². The van der Waals surface area contributed by atoms with Crippen molar-refractivity contribution in [3.8, 4) is 11.4 Å². The minimum absolute atomic E-state index is 0.252. The zero-order chi connectivity index (χ0) is 17.6. The van der Waals surface area contributed by atoms with Crippen LogP contribution in [0.15, 0.2) is 49.1 Å². The Morgan fingerprint density at radius 1 is 1.36 bits per heavy atom. The van der Waals surface area contributed by atoms with Crippen LogP contribution in [0.25, 0.3) is 22.4 Å². The average Bonchev–Trinajstić information content (AvgIpc) is 3.37. The van der Waals surface area contributed by atoms with Crippen LogP contribution in [0, 0.1) is 12.7 Å². The number of amides is 1. The van der Waals surface area contributed by atoms with E-state index in [1.54, 1.807) is 12.1 Å². The van der Waals surface area contributed by atoms with Gasteiger partial charge in [0.05, 0.1) is 11.0 Å². The Kier molecular flexibility index (Phi) is 3.64. The molecule has 4 nitrogen and oxygen atoms in total. The van der Waals surface area contributed by atoms with Gasteiger partial charge in [-0.25, -0.2) is 9.37 Å². The first-order valence-corrected chi connectivity index (χ1v) is 8.29. The van der Waals surface area contributed by atoms with Crippen LogP contribution in [-0.2, 0) is 4.79 Å². The normalized spacial score (nSPS) is 13.8. The predicted molar refractivity (Wildman–Crippen MR) is 97.0 cm³/mol. The van der Waals surface area contributed by atoms with Crippen molar-refractivity contribution in [2.45, 2.75) is 25.8 Å². The third-order valence-electron chi connectivity index (χ3n) is 4.58. The highest BCUT2D eigenvalue weighted by Crippen LogP contribution is 2.42. The maximum Gasteiger partial charge on any atom is 0.247 e. The standard InChI is InChI=1S/C20H18FN3O/c1-3-19(25)22-16-6-4-5-15(12(16)2)20-23-17-10-7-13(21)11-18(17)24(20)14-8-9-14/h3-7,10-11,14H,1,8-9H2,2H3,(H,22,25). The summed E-state index contributed by atoms with van der Waals surface area (Å²) < 4.78 is 15.9. The summed E-state index contributed by atoms with van der Waals surface area (Å²) in [7, 11) is 0. The van der Waals surface area contributed by atoms with Gasteiger partial charge in [0.15, 0.2) is 0 Å². The van der Waals surface area contributed by atoms with Crippen LogP contribution in [0.2, 0.25) is 0 Å². The van der Waals surface area contributed by atoms with E-state index in [1.165, 1.54) is 12.1 Å². The summed E-state index contributed by atoms with van der Waals surface area (Å²) in [5.74, 6) is 0.304. The second-order valence-electron chi connectivity index (χ2n) is 6.34. The van der Waals surface area contributed by atoms with Crippen LogP contribution in [0.3, 0.4) is 0 Å². The van der Waals surface area contributed by atoms with Crippen molar-refractivity contribution >= 4 is 22.6 Å². The topological polar surface area (TPSA) is 46.9 Å². The van der Waals surface area contributed by atoms with E-state index >= 15 is 0 Å². The molecule has 5 heteroatoms. The maximum absolute atomic E-state index is 13.7. The molecule has 1 N–H and O–H groups in total. The van der Waals surface area contributed by atoms with Gasteiger partial charge in [-0.1, -0.05) is 18.7 Å². The van der Waals surface area contributed by atoms with Gasteiger partial charge in [-0.2, -0.15) is 0 Å². The minimum atomic E-state index is -0.260. The molecule has 1 aliphatic carbocycles. The molecule has 126 valence electrons. The van der Waals surface area contributed by atoms with Gasteiger partial charge in [0, 0.05) is 17.3 Å². The third kappa shape index (κ3) is 2.71. The first-order chi connectivity index (χ1) is 12.1. The number of nitrogens with one attached hydrogen (secondary N) is 1. The summed E-state index contributed by atoms with van der Waals surface area (Å²) in [5.41, 5.74) is 4.18. The number of benzene rings is 2. The third-order valence-corrected chi connectivity index (χ3v) is 4.58. The molecule has 1 saturated carbocycles. The molecule has 0 spiro atoms. The molecule has 1 aromatic heterocycles. The van der Waals surface area contributed by atoms with Crippen molar-refractivity contribution in [2.24, 2.45) is 0 Å². The summed E-state index contributed by atoms with van der Waals surface area (Å²) in [6.07, 6.45) is 3.39. The van der Waals surface area contributed by atoms with Crippen LogP contribution in [0.5, 0.6) is 0 Å². The zero-order valence-electron chi connectivity index (χ0n) is 13.9. The lowest BCUT2D eigenvalue weighted by Crippen LogP contribution is -2.09. The van der Waals surface area contributed by atoms with E-state index in [1.807, 2.05) is 25.1 Å². The predicted octanol–water partition coefficient (Wildman–Crippen LogP) is 4.61. The molecule has 0 atom stereocenters. The highest BCUT2D eigenvalue weighted by atomic mass is 19.1. The van der Waals surface area contributed by atoms with Gasteiger partial charge in [0.25, 0.3) is 0 Å². The molecular formula is C20H18FN3O. The number of nitrogens with zero attached hydrogens (tertiary/aromatic N) is 2. The quantitative estimate of drug-likeness (QED) is 0.708. The largest absolute Gasteiger partial charge is 0.322 e. The number of carbonyl (C=O) groups excluding carboxylic acids is 1. The number of halogens is 1. The van der Waals surface area contributed by atoms with E-state index in [0.29, 0.717) is 6.04 Å². The van der Waals surface area contributed by atoms with Gasteiger partial charge < -0.3 is 9.88 Å². The van der Waals surface area contributed by atoms with Crippen LogP contribution >= 0.6 is 0 Å². The molecule has 1 aliphatic rings. The Hall–Kier alpha value is -2.95. The molecule has 0 saturated heterocycles. The van der Waals surface area contributed by atoms with Crippen molar-refractivity contribution < 1.29 is 9.18 Å². The molecule has 4 rings (SSSR count). The van der Waals surface area contributed by atoms with Crippen LogP contribution in [0.1, 0.15) is 24.4 Å². The average molecular weight is 335 g/mol. The van der Waals surface area contributed by atoms with Crippen LogP contribution in [0.4, 0.5) is 10.1 Å². The van der Waals surface area contributed by atoms with Gasteiger partial charge in [0.1, 0.15) is 11.6 Å². The molecule has 0 aliphatic heterocycles. The van der Waals surface area contributed by atoms with E-state index in [9.17, 15) is 9.18 Å². The Morgan fingerprint density at radius 2 is 2.16 bits per heavy atom. The van der Waals surface area contributed by atoms with E-state index in [0.717, 1.165) is 46.5 Å². The highest BCUT2D eigenvalue weighted by molar-refractivity contribution is 6.00. The second-order valence-corrected chi connectivity index (χ2v) is 6.34. The molecule has 2 aromatic carbocycles. The van der Waals surface area contributed by atoms with Gasteiger partial charge in [-0.15, -0.1) is 0 Å². The fourth-order valence-electron chi connectivity index (χ4n) is 3.16. The Balaban J connectivity index is 1.90. The minimum Gasteiger partial charge on any atom is -0.322 e. The van der Waals surface area contributed by atoms with E-state index in [4.69, 9.17) is 4.98 Å². The van der Waals surface area contributed by atoms with E-state index in [2.05, 4.69) is 16.5 Å². The van der Waals surface area contributed by atoms with Crippen LogP contribution in [-0.4, -0.2) is 15.5 Å². The maximum atomic E-state index is 13.7. The smallest absolute Gasteiger partial charge is 0.247 e. The van der Waals surface area contributed by atoms with Crippen LogP contribution < -0.4 is 5.32 Å². The molecule has 0 unspecified atom stereocenters. The van der Waals surface area contributed by atoms with Crippen molar-refractivity contribution in [1.29, 1.82) is 0 Å². The van der Waals surface area contributed by atoms with Gasteiger partial charge in [-0.05, 0) is 55.7 Å². The zero-order valence-corrected chi connectivity index (χ0v) is 13.9. The number of anilines is 1. The monoisotopic (exact) mass is 335 g/mol. The lowest BCUT2D eigenvalue weighted by Gasteiger charge is -2.13. The van der Waals surface area contributed by atoms with E-state index in [-0.39, 0.29) is 11.7 Å². The SMILES string of the molecule is C=CC(=O)Nc1cccc(-c2nc3ccc(F)cc3n2C2CC2)c1C. The molecule has 1 fully saturated rings. The van der Waals surface area contributed by atoms with E-state index < -0.39 is 0 Å². The molecule has 3 aromatic rings. The molecular weight excluding hydrogens is 317 g/mol. The summed E-state index contributed by atoms with van der Waals surface area (Å²) in [6.45, 7) is 5.44. The molecule has 0 bridgehead atoms. The van der Waals surface area contributed by atoms with Crippen molar-refractivity contribution in [3.05, 3.63) is 60.4 Å². The summed E-state index contributed by atoms with van der Waals surface area (Å²) >= 11 is 0. The number of fused-ring (bicyclic) bond motifs is 1. The van der Waals surface area contributed by atoms with Crippen molar-refractivity contribution in [2.75, 3.05) is 5.32 Å². The summed E-state index contributed by atoms with van der Waals surface area (Å²) in [5, 5.41) is 2.82. The van der Waals surface area contributed by atoms with Crippen molar-refractivity contribution in [1.82, 2.24) is 9.55 Å².